The number of thiazole rings is 1. The number of fused-ring (bicyclic) bond motifs is 1. The highest BCUT2D eigenvalue weighted by Crippen LogP contribution is 2.29. The Hall–Kier alpha value is -1.85. The molecule has 0 saturated heterocycles. The van der Waals surface area contributed by atoms with Crippen LogP contribution in [0.4, 0.5) is 0 Å². The fourth-order valence-corrected chi connectivity index (χ4v) is 4.35. The Balaban J connectivity index is 1.58. The van der Waals surface area contributed by atoms with E-state index in [2.05, 4.69) is 35.4 Å². The molecule has 5 heteroatoms. The van der Waals surface area contributed by atoms with Crippen molar-refractivity contribution in [1.29, 1.82) is 0 Å². The van der Waals surface area contributed by atoms with Crippen molar-refractivity contribution >= 4 is 39.2 Å². The molecule has 0 aliphatic carbocycles. The maximum Gasteiger partial charge on any atom is 0.230 e. The minimum atomic E-state index is 0.0136. The summed E-state index contributed by atoms with van der Waals surface area (Å²) in [5.41, 5.74) is 3.35. The summed E-state index contributed by atoms with van der Waals surface area (Å²) >= 11 is 3.12. The second-order valence-corrected chi connectivity index (χ2v) is 7.64. The normalized spacial score (nSPS) is 12.3. The third kappa shape index (κ3) is 3.92. The largest absolute Gasteiger partial charge is 0.349 e. The van der Waals surface area contributed by atoms with Crippen LogP contribution in [0.2, 0.25) is 0 Å². The van der Waals surface area contributed by atoms with Gasteiger partial charge in [-0.15, -0.1) is 11.3 Å². The van der Waals surface area contributed by atoms with Crippen LogP contribution in [0.5, 0.6) is 0 Å². The van der Waals surface area contributed by atoms with Gasteiger partial charge in [0.1, 0.15) is 0 Å². The van der Waals surface area contributed by atoms with Crippen LogP contribution < -0.4 is 5.32 Å². The van der Waals surface area contributed by atoms with Gasteiger partial charge in [0, 0.05) is 0 Å². The number of benzene rings is 2. The first-order valence-corrected chi connectivity index (χ1v) is 9.27. The number of thioether (sulfide) groups is 1. The van der Waals surface area contributed by atoms with Crippen molar-refractivity contribution in [2.75, 3.05) is 5.75 Å². The molecule has 0 aliphatic rings. The van der Waals surface area contributed by atoms with Crippen molar-refractivity contribution < 1.29 is 4.79 Å². The van der Waals surface area contributed by atoms with Gasteiger partial charge in [-0.1, -0.05) is 48.2 Å². The molecule has 0 radical (unpaired) electrons. The molecule has 0 saturated carbocycles. The zero-order valence-electron chi connectivity index (χ0n) is 13.1. The zero-order valence-corrected chi connectivity index (χ0v) is 14.7. The summed E-state index contributed by atoms with van der Waals surface area (Å²) in [6, 6.07) is 16.2. The SMILES string of the molecule is Cc1ccccc1[C@@H](C)NC(=O)CSc1nc2ccccc2s1. The monoisotopic (exact) mass is 342 g/mol. The molecule has 1 heterocycles. The van der Waals surface area contributed by atoms with Gasteiger partial charge in [0.2, 0.25) is 5.91 Å². The van der Waals surface area contributed by atoms with Crippen molar-refractivity contribution in [3.63, 3.8) is 0 Å². The highest BCUT2D eigenvalue weighted by Gasteiger charge is 2.12. The second-order valence-electron chi connectivity index (χ2n) is 5.38. The molecule has 3 nitrogen and oxygen atoms in total. The number of para-hydroxylation sites is 1. The van der Waals surface area contributed by atoms with Gasteiger partial charge < -0.3 is 5.32 Å². The Morgan fingerprint density at radius 2 is 1.96 bits per heavy atom. The van der Waals surface area contributed by atoms with E-state index in [-0.39, 0.29) is 11.9 Å². The minimum Gasteiger partial charge on any atom is -0.349 e. The standard InChI is InChI=1S/C18H18N2OS2/c1-12-7-3-4-8-14(12)13(2)19-17(21)11-22-18-20-15-9-5-6-10-16(15)23-18/h3-10,13H,11H2,1-2H3,(H,19,21)/t13-/m1/s1. The highest BCUT2D eigenvalue weighted by molar-refractivity contribution is 8.01. The molecule has 0 spiro atoms. The van der Waals surface area contributed by atoms with Crippen LogP contribution in [0.15, 0.2) is 52.9 Å². The van der Waals surface area contributed by atoms with Crippen LogP contribution in [0, 0.1) is 6.92 Å². The van der Waals surface area contributed by atoms with E-state index >= 15 is 0 Å². The van der Waals surface area contributed by atoms with Gasteiger partial charge in [-0.2, -0.15) is 0 Å². The molecule has 23 heavy (non-hydrogen) atoms. The zero-order chi connectivity index (χ0) is 16.2. The molecule has 3 aromatic rings. The molecule has 1 amide bonds. The predicted molar refractivity (Wildman–Crippen MR) is 98.1 cm³/mol. The van der Waals surface area contributed by atoms with Crippen LogP contribution in [-0.4, -0.2) is 16.6 Å². The van der Waals surface area contributed by atoms with Crippen LogP contribution >= 0.6 is 23.1 Å². The number of nitrogens with zero attached hydrogens (tertiary/aromatic N) is 1. The summed E-state index contributed by atoms with van der Waals surface area (Å²) < 4.78 is 2.09. The van der Waals surface area contributed by atoms with Gasteiger partial charge in [0.15, 0.2) is 4.34 Å². The summed E-state index contributed by atoms with van der Waals surface area (Å²) in [5.74, 6) is 0.417. The Labute approximate surface area is 144 Å². The lowest BCUT2D eigenvalue weighted by Gasteiger charge is -2.16. The molecule has 118 valence electrons. The number of hydrogen-bond acceptors (Lipinski definition) is 4. The van der Waals surface area contributed by atoms with Gasteiger partial charge in [0.05, 0.1) is 22.0 Å². The Morgan fingerprint density at radius 1 is 1.22 bits per heavy atom. The van der Waals surface area contributed by atoms with Gasteiger partial charge in [-0.25, -0.2) is 4.98 Å². The molecule has 1 aromatic heterocycles. The lowest BCUT2D eigenvalue weighted by Crippen LogP contribution is -2.28. The molecular weight excluding hydrogens is 324 g/mol. The third-order valence-electron chi connectivity index (χ3n) is 3.63. The second kappa shape index (κ2) is 7.15. The Kier molecular flexibility index (Phi) is 4.98. The molecule has 0 aliphatic heterocycles. The van der Waals surface area contributed by atoms with Gasteiger partial charge in [-0.05, 0) is 37.1 Å². The lowest BCUT2D eigenvalue weighted by molar-refractivity contribution is -0.119. The highest BCUT2D eigenvalue weighted by atomic mass is 32.2. The smallest absolute Gasteiger partial charge is 0.230 e. The molecule has 1 N–H and O–H groups in total. The number of aromatic nitrogens is 1. The van der Waals surface area contributed by atoms with Crippen LogP contribution in [0.1, 0.15) is 24.1 Å². The first kappa shape index (κ1) is 16.0. The Bertz CT molecular complexity index is 796. The van der Waals surface area contributed by atoms with E-state index in [1.807, 2.05) is 37.3 Å². The summed E-state index contributed by atoms with van der Waals surface area (Å²) in [6.45, 7) is 4.08. The molecule has 0 bridgehead atoms. The molecule has 3 rings (SSSR count). The van der Waals surface area contributed by atoms with Crippen molar-refractivity contribution in [2.24, 2.45) is 0 Å². The summed E-state index contributed by atoms with van der Waals surface area (Å²) in [5, 5.41) is 3.06. The van der Waals surface area contributed by atoms with E-state index in [1.54, 1.807) is 11.3 Å². The predicted octanol–water partition coefficient (Wildman–Crippen LogP) is 4.57. The summed E-state index contributed by atoms with van der Waals surface area (Å²) in [4.78, 5) is 16.7. The van der Waals surface area contributed by atoms with E-state index < -0.39 is 0 Å². The number of aryl methyl sites for hydroxylation is 1. The quantitative estimate of drug-likeness (QED) is 0.690. The van der Waals surface area contributed by atoms with E-state index in [9.17, 15) is 4.79 Å². The average Bonchev–Trinajstić information content (AvgIpc) is 2.96. The van der Waals surface area contributed by atoms with Gasteiger partial charge in [-0.3, -0.25) is 4.79 Å². The van der Waals surface area contributed by atoms with Gasteiger partial charge in [0.25, 0.3) is 0 Å². The number of carbonyl (C=O) groups excluding carboxylic acids is 1. The van der Waals surface area contributed by atoms with E-state index in [4.69, 9.17) is 0 Å². The van der Waals surface area contributed by atoms with E-state index in [0.29, 0.717) is 5.75 Å². The topological polar surface area (TPSA) is 42.0 Å². The maximum atomic E-state index is 12.2. The first-order chi connectivity index (χ1) is 11.1. The van der Waals surface area contributed by atoms with Crippen molar-refractivity contribution in [2.45, 2.75) is 24.2 Å². The molecule has 1 atom stereocenters. The van der Waals surface area contributed by atoms with Crippen LogP contribution in [0.25, 0.3) is 10.2 Å². The number of amides is 1. The lowest BCUT2D eigenvalue weighted by atomic mass is 10.0. The first-order valence-electron chi connectivity index (χ1n) is 7.47. The van der Waals surface area contributed by atoms with Crippen LogP contribution in [-0.2, 0) is 4.79 Å². The molecule has 0 unspecified atom stereocenters. The number of nitrogens with one attached hydrogen (secondary N) is 1. The van der Waals surface area contributed by atoms with Crippen molar-refractivity contribution in [3.8, 4) is 0 Å². The number of rotatable bonds is 5. The minimum absolute atomic E-state index is 0.0136. The summed E-state index contributed by atoms with van der Waals surface area (Å²) in [6.07, 6.45) is 0. The molecule has 2 aromatic carbocycles. The average molecular weight is 342 g/mol. The number of hydrogen-bond donors (Lipinski definition) is 1. The number of carbonyl (C=O) groups is 1. The van der Waals surface area contributed by atoms with E-state index in [1.165, 1.54) is 17.3 Å². The molecular formula is C18H18N2OS2. The summed E-state index contributed by atoms with van der Waals surface area (Å²) in [7, 11) is 0. The third-order valence-corrected chi connectivity index (χ3v) is 5.81. The fourth-order valence-electron chi connectivity index (χ4n) is 2.47. The maximum absolute atomic E-state index is 12.2. The van der Waals surface area contributed by atoms with Crippen molar-refractivity contribution in [1.82, 2.24) is 10.3 Å². The van der Waals surface area contributed by atoms with E-state index in [0.717, 1.165) is 20.1 Å². The molecule has 0 fully saturated rings. The van der Waals surface area contributed by atoms with Crippen molar-refractivity contribution in [3.05, 3.63) is 59.7 Å². The van der Waals surface area contributed by atoms with Gasteiger partial charge >= 0.3 is 0 Å². The van der Waals surface area contributed by atoms with Crippen LogP contribution in [0.3, 0.4) is 0 Å². The fraction of sp³-hybridized carbons (Fsp3) is 0.222. The Morgan fingerprint density at radius 3 is 2.74 bits per heavy atom.